The first-order valence-corrected chi connectivity index (χ1v) is 9.60. The normalized spacial score (nSPS) is 26.6. The summed E-state index contributed by atoms with van der Waals surface area (Å²) in [6.07, 6.45) is 7.37. The lowest BCUT2D eigenvalue weighted by Crippen LogP contribution is -2.42. The van der Waals surface area contributed by atoms with E-state index in [1.165, 1.54) is 12.8 Å². The SMILES string of the molecule is N#Cc1cc2c(Br)c(NC3CCC(N[C@H]4CCOC4)CC3)ncc2o1. The molecule has 1 atom stereocenters. The van der Waals surface area contributed by atoms with Gasteiger partial charge in [0.05, 0.1) is 17.3 Å². The molecule has 2 aromatic rings. The zero-order chi connectivity index (χ0) is 17.2. The average Bonchev–Trinajstić information content (AvgIpc) is 3.28. The van der Waals surface area contributed by atoms with E-state index in [1.807, 2.05) is 6.07 Å². The number of hydrogen-bond acceptors (Lipinski definition) is 6. The van der Waals surface area contributed by atoms with Gasteiger partial charge in [0.15, 0.2) is 5.58 Å². The van der Waals surface area contributed by atoms with E-state index < -0.39 is 0 Å². The lowest BCUT2D eigenvalue weighted by molar-refractivity contribution is 0.185. The Bertz CT molecular complexity index is 786. The maximum atomic E-state index is 8.98. The highest BCUT2D eigenvalue weighted by molar-refractivity contribution is 9.10. The van der Waals surface area contributed by atoms with Gasteiger partial charge in [-0.05, 0) is 48.0 Å². The highest BCUT2D eigenvalue weighted by Crippen LogP contribution is 2.33. The van der Waals surface area contributed by atoms with Gasteiger partial charge in [-0.25, -0.2) is 4.98 Å². The van der Waals surface area contributed by atoms with Crippen molar-refractivity contribution in [1.82, 2.24) is 10.3 Å². The van der Waals surface area contributed by atoms with Crippen LogP contribution in [0.4, 0.5) is 5.82 Å². The predicted molar refractivity (Wildman–Crippen MR) is 98.5 cm³/mol. The molecular formula is C18H21BrN4O2. The first-order chi connectivity index (χ1) is 12.2. The molecule has 6 nitrogen and oxygen atoms in total. The molecule has 25 heavy (non-hydrogen) atoms. The Morgan fingerprint density at radius 3 is 2.68 bits per heavy atom. The van der Waals surface area contributed by atoms with E-state index in [2.05, 4.69) is 31.5 Å². The van der Waals surface area contributed by atoms with E-state index in [4.69, 9.17) is 14.4 Å². The number of aromatic nitrogens is 1. The van der Waals surface area contributed by atoms with Crippen molar-refractivity contribution in [2.24, 2.45) is 0 Å². The molecule has 1 saturated carbocycles. The van der Waals surface area contributed by atoms with Crippen molar-refractivity contribution in [3.63, 3.8) is 0 Å². The predicted octanol–water partition coefficient (Wildman–Crippen LogP) is 3.56. The number of nitriles is 1. The number of ether oxygens (including phenoxy) is 1. The lowest BCUT2D eigenvalue weighted by atomic mass is 9.90. The second kappa shape index (κ2) is 7.32. The molecule has 1 aliphatic carbocycles. The standard InChI is InChI=1S/C18H21BrN4O2/c19-17-15-7-14(8-20)25-16(15)9-21-18(17)23-12-3-1-11(2-4-12)22-13-5-6-24-10-13/h7,9,11-13,22H,1-6,10H2,(H,21,23)/t11?,12?,13-/m0/s1. The van der Waals surface area contributed by atoms with Crippen LogP contribution in [0.2, 0.25) is 0 Å². The minimum atomic E-state index is 0.303. The van der Waals surface area contributed by atoms with E-state index in [1.54, 1.807) is 12.3 Å². The Labute approximate surface area is 155 Å². The molecule has 1 saturated heterocycles. The number of hydrogen-bond donors (Lipinski definition) is 2. The molecule has 0 spiro atoms. The molecule has 2 N–H and O–H groups in total. The number of halogens is 1. The highest BCUT2D eigenvalue weighted by atomic mass is 79.9. The van der Waals surface area contributed by atoms with Crippen molar-refractivity contribution in [3.8, 4) is 6.07 Å². The second-order valence-electron chi connectivity index (χ2n) is 6.84. The number of pyridine rings is 1. The van der Waals surface area contributed by atoms with Crippen molar-refractivity contribution in [2.45, 2.75) is 50.2 Å². The smallest absolute Gasteiger partial charge is 0.204 e. The van der Waals surface area contributed by atoms with Gasteiger partial charge in [0.1, 0.15) is 11.9 Å². The van der Waals surface area contributed by atoms with Crippen molar-refractivity contribution < 1.29 is 9.15 Å². The van der Waals surface area contributed by atoms with E-state index in [0.29, 0.717) is 29.5 Å². The summed E-state index contributed by atoms with van der Waals surface area (Å²) in [6.45, 7) is 1.74. The highest BCUT2D eigenvalue weighted by Gasteiger charge is 2.25. The average molecular weight is 405 g/mol. The zero-order valence-corrected chi connectivity index (χ0v) is 15.5. The van der Waals surface area contributed by atoms with Crippen molar-refractivity contribution >= 4 is 32.7 Å². The third kappa shape index (κ3) is 3.66. The number of furan rings is 1. The van der Waals surface area contributed by atoms with Gasteiger partial charge in [0, 0.05) is 36.2 Å². The van der Waals surface area contributed by atoms with Crippen LogP contribution < -0.4 is 10.6 Å². The summed E-state index contributed by atoms with van der Waals surface area (Å²) in [5, 5.41) is 17.1. The molecule has 3 heterocycles. The van der Waals surface area contributed by atoms with Gasteiger partial charge in [0.2, 0.25) is 5.76 Å². The van der Waals surface area contributed by atoms with Gasteiger partial charge >= 0.3 is 0 Å². The van der Waals surface area contributed by atoms with Crippen LogP contribution >= 0.6 is 15.9 Å². The number of nitrogens with one attached hydrogen (secondary N) is 2. The van der Waals surface area contributed by atoms with Crippen LogP contribution in [0.15, 0.2) is 21.2 Å². The minimum Gasteiger partial charge on any atom is -0.444 e. The zero-order valence-electron chi connectivity index (χ0n) is 13.9. The minimum absolute atomic E-state index is 0.303. The topological polar surface area (TPSA) is 83.1 Å². The summed E-state index contributed by atoms with van der Waals surface area (Å²) < 4.78 is 11.7. The molecule has 1 aliphatic heterocycles. The molecule has 0 amide bonds. The lowest BCUT2D eigenvalue weighted by Gasteiger charge is -2.31. The first kappa shape index (κ1) is 16.8. The third-order valence-electron chi connectivity index (χ3n) is 5.10. The Morgan fingerprint density at radius 1 is 1.16 bits per heavy atom. The molecule has 0 aromatic carbocycles. The van der Waals surface area contributed by atoms with Crippen molar-refractivity contribution in [2.75, 3.05) is 18.5 Å². The fourth-order valence-electron chi connectivity index (χ4n) is 3.73. The number of fused-ring (bicyclic) bond motifs is 1. The molecule has 2 aliphatic rings. The van der Waals surface area contributed by atoms with Crippen LogP contribution in [0.5, 0.6) is 0 Å². The van der Waals surface area contributed by atoms with Gasteiger partial charge < -0.3 is 19.8 Å². The van der Waals surface area contributed by atoms with E-state index in [9.17, 15) is 0 Å². The van der Waals surface area contributed by atoms with Gasteiger partial charge in [0.25, 0.3) is 0 Å². The maximum Gasteiger partial charge on any atom is 0.204 e. The number of nitrogens with zero attached hydrogens (tertiary/aromatic N) is 2. The third-order valence-corrected chi connectivity index (χ3v) is 5.90. The van der Waals surface area contributed by atoms with Crippen LogP contribution in [0, 0.1) is 11.3 Å². The van der Waals surface area contributed by atoms with E-state index in [0.717, 1.165) is 48.2 Å². The summed E-state index contributed by atoms with van der Waals surface area (Å²) >= 11 is 3.60. The molecule has 0 unspecified atom stereocenters. The molecule has 0 bridgehead atoms. The van der Waals surface area contributed by atoms with Crippen LogP contribution in [0.3, 0.4) is 0 Å². The fourth-order valence-corrected chi connectivity index (χ4v) is 4.26. The molecule has 132 valence electrons. The largest absolute Gasteiger partial charge is 0.444 e. The number of anilines is 1. The molecule has 7 heteroatoms. The summed E-state index contributed by atoms with van der Waals surface area (Å²) in [4.78, 5) is 4.46. The summed E-state index contributed by atoms with van der Waals surface area (Å²) in [7, 11) is 0. The molecule has 2 fully saturated rings. The Kier molecular flexibility index (Phi) is 4.93. The van der Waals surface area contributed by atoms with Gasteiger partial charge in [-0.3, -0.25) is 0 Å². The summed E-state index contributed by atoms with van der Waals surface area (Å²) in [5.41, 5.74) is 0.626. The number of rotatable bonds is 4. The van der Waals surface area contributed by atoms with E-state index in [-0.39, 0.29) is 0 Å². The monoisotopic (exact) mass is 404 g/mol. The van der Waals surface area contributed by atoms with Crippen LogP contribution in [-0.4, -0.2) is 36.3 Å². The van der Waals surface area contributed by atoms with Gasteiger partial charge in [-0.2, -0.15) is 5.26 Å². The van der Waals surface area contributed by atoms with Crippen LogP contribution in [-0.2, 0) is 4.74 Å². The van der Waals surface area contributed by atoms with Crippen LogP contribution in [0.1, 0.15) is 37.9 Å². The molecule has 0 radical (unpaired) electrons. The molecular weight excluding hydrogens is 384 g/mol. The second-order valence-corrected chi connectivity index (χ2v) is 7.63. The Morgan fingerprint density at radius 2 is 1.96 bits per heavy atom. The first-order valence-electron chi connectivity index (χ1n) is 8.81. The molecule has 2 aromatic heterocycles. The van der Waals surface area contributed by atoms with Crippen LogP contribution in [0.25, 0.3) is 11.0 Å². The quantitative estimate of drug-likeness (QED) is 0.810. The van der Waals surface area contributed by atoms with E-state index >= 15 is 0 Å². The maximum absolute atomic E-state index is 8.98. The summed E-state index contributed by atoms with van der Waals surface area (Å²) in [6, 6.07) is 5.32. The Balaban J connectivity index is 1.37. The van der Waals surface area contributed by atoms with Gasteiger partial charge in [-0.1, -0.05) is 0 Å². The Hall–Kier alpha value is -1.62. The fraction of sp³-hybridized carbons (Fsp3) is 0.556. The van der Waals surface area contributed by atoms with Gasteiger partial charge in [-0.15, -0.1) is 0 Å². The summed E-state index contributed by atoms with van der Waals surface area (Å²) in [5.74, 6) is 1.12. The van der Waals surface area contributed by atoms with Crippen molar-refractivity contribution in [1.29, 1.82) is 5.26 Å². The molecule has 4 rings (SSSR count). The van der Waals surface area contributed by atoms with Crippen molar-refractivity contribution in [3.05, 3.63) is 22.5 Å².